The summed E-state index contributed by atoms with van der Waals surface area (Å²) in [4.78, 5) is 9.02. The van der Waals surface area contributed by atoms with Crippen molar-refractivity contribution in [1.82, 2.24) is 19.4 Å². The number of aryl methyl sites for hydroxylation is 1. The highest BCUT2D eigenvalue weighted by Gasteiger charge is 2.28. The quantitative estimate of drug-likeness (QED) is 0.868. The van der Waals surface area contributed by atoms with Gasteiger partial charge in [-0.05, 0) is 40.0 Å². The van der Waals surface area contributed by atoms with Gasteiger partial charge in [-0.3, -0.25) is 4.90 Å². The van der Waals surface area contributed by atoms with E-state index < -0.39 is 0 Å². The Hall–Kier alpha value is -0.910. The Kier molecular flexibility index (Phi) is 5.57. The maximum atomic E-state index is 10.6. The van der Waals surface area contributed by atoms with E-state index in [9.17, 15) is 5.11 Å². The Morgan fingerprint density at radius 3 is 2.95 bits per heavy atom. The summed E-state index contributed by atoms with van der Waals surface area (Å²) in [5.74, 6) is 1.000. The zero-order valence-electron chi connectivity index (χ0n) is 13.0. The van der Waals surface area contributed by atoms with E-state index in [1.54, 1.807) is 0 Å². The molecule has 5 nitrogen and oxygen atoms in total. The Bertz CT molecular complexity index is 406. The fourth-order valence-corrected chi connectivity index (χ4v) is 3.02. The van der Waals surface area contributed by atoms with Gasteiger partial charge in [0.15, 0.2) is 0 Å². The molecule has 1 aromatic rings. The van der Waals surface area contributed by atoms with Crippen LogP contribution in [0.1, 0.15) is 25.6 Å². The second-order valence-corrected chi connectivity index (χ2v) is 5.97. The summed E-state index contributed by atoms with van der Waals surface area (Å²) in [7, 11) is 4.25. The molecule has 0 bridgehead atoms. The molecular formula is C15H28N4O. The van der Waals surface area contributed by atoms with Crippen LogP contribution < -0.4 is 0 Å². The molecule has 2 rings (SSSR count). The van der Waals surface area contributed by atoms with Crippen molar-refractivity contribution in [1.29, 1.82) is 0 Å². The highest BCUT2D eigenvalue weighted by molar-refractivity contribution is 4.97. The van der Waals surface area contributed by atoms with Gasteiger partial charge in [0.05, 0.1) is 6.10 Å². The standard InChI is InChI=1S/C15H28N4O/c1-4-7-19-10-6-16-15(19)11-14(20)13-12-17(2)8-5-9-18(13)3/h6,10,13-14,20H,4-5,7-9,11-12H2,1-3H3. The summed E-state index contributed by atoms with van der Waals surface area (Å²) in [5, 5.41) is 10.6. The molecule has 2 unspecified atom stereocenters. The van der Waals surface area contributed by atoms with Gasteiger partial charge in [0.2, 0.25) is 0 Å². The monoisotopic (exact) mass is 280 g/mol. The van der Waals surface area contributed by atoms with Crippen LogP contribution in [0.3, 0.4) is 0 Å². The van der Waals surface area contributed by atoms with Crippen molar-refractivity contribution in [3.05, 3.63) is 18.2 Å². The predicted octanol–water partition coefficient (Wildman–Crippen LogP) is 0.832. The molecule has 0 amide bonds. The topological polar surface area (TPSA) is 44.5 Å². The summed E-state index contributed by atoms with van der Waals surface area (Å²) in [5.41, 5.74) is 0. The molecule has 1 fully saturated rings. The average Bonchev–Trinajstić information content (AvgIpc) is 2.75. The summed E-state index contributed by atoms with van der Waals surface area (Å²) in [6.07, 6.45) is 6.37. The second kappa shape index (κ2) is 7.20. The molecule has 1 aliphatic heterocycles. The number of imidazole rings is 1. The van der Waals surface area contributed by atoms with Gasteiger partial charge in [-0.15, -0.1) is 0 Å². The first-order valence-electron chi connectivity index (χ1n) is 7.68. The van der Waals surface area contributed by atoms with Gasteiger partial charge in [0.1, 0.15) is 5.82 Å². The molecule has 1 aromatic heterocycles. The third kappa shape index (κ3) is 3.81. The molecule has 5 heteroatoms. The zero-order valence-corrected chi connectivity index (χ0v) is 13.0. The molecule has 1 N–H and O–H groups in total. The van der Waals surface area contributed by atoms with Crippen LogP contribution in [0.4, 0.5) is 0 Å². The number of aliphatic hydroxyl groups excluding tert-OH is 1. The van der Waals surface area contributed by atoms with Crippen LogP contribution in [0.25, 0.3) is 0 Å². The van der Waals surface area contributed by atoms with Crippen molar-refractivity contribution < 1.29 is 5.11 Å². The molecule has 1 aliphatic rings. The number of aliphatic hydroxyl groups is 1. The maximum Gasteiger partial charge on any atom is 0.111 e. The molecule has 2 heterocycles. The first-order chi connectivity index (χ1) is 9.61. The fourth-order valence-electron chi connectivity index (χ4n) is 3.02. The van der Waals surface area contributed by atoms with Crippen molar-refractivity contribution in [3.8, 4) is 0 Å². The summed E-state index contributed by atoms with van der Waals surface area (Å²) >= 11 is 0. The molecule has 1 saturated heterocycles. The van der Waals surface area contributed by atoms with Crippen LogP contribution in [0.2, 0.25) is 0 Å². The van der Waals surface area contributed by atoms with E-state index >= 15 is 0 Å². The van der Waals surface area contributed by atoms with E-state index in [1.165, 1.54) is 6.42 Å². The smallest absolute Gasteiger partial charge is 0.111 e. The van der Waals surface area contributed by atoms with Crippen molar-refractivity contribution in [2.75, 3.05) is 33.7 Å². The number of likely N-dealkylation sites (N-methyl/N-ethyl adjacent to an activating group) is 2. The van der Waals surface area contributed by atoms with Gasteiger partial charge < -0.3 is 14.6 Å². The predicted molar refractivity (Wildman–Crippen MR) is 80.8 cm³/mol. The highest BCUT2D eigenvalue weighted by atomic mass is 16.3. The molecule has 2 atom stereocenters. The van der Waals surface area contributed by atoms with E-state index in [4.69, 9.17) is 0 Å². The number of rotatable bonds is 5. The highest BCUT2D eigenvalue weighted by Crippen LogP contribution is 2.14. The van der Waals surface area contributed by atoms with E-state index in [2.05, 4.69) is 40.4 Å². The number of hydrogen-bond donors (Lipinski definition) is 1. The van der Waals surface area contributed by atoms with E-state index in [1.807, 2.05) is 12.4 Å². The summed E-state index contributed by atoms with van der Waals surface area (Å²) in [6.45, 7) is 6.22. The summed E-state index contributed by atoms with van der Waals surface area (Å²) < 4.78 is 2.16. The molecule has 0 aromatic carbocycles. The van der Waals surface area contributed by atoms with E-state index in [0.717, 1.165) is 38.4 Å². The number of hydrogen-bond acceptors (Lipinski definition) is 4. The van der Waals surface area contributed by atoms with Crippen molar-refractivity contribution in [2.45, 2.75) is 44.9 Å². The minimum Gasteiger partial charge on any atom is -0.391 e. The molecule has 0 spiro atoms. The van der Waals surface area contributed by atoms with Crippen molar-refractivity contribution >= 4 is 0 Å². The molecule has 114 valence electrons. The Morgan fingerprint density at radius 2 is 2.20 bits per heavy atom. The lowest BCUT2D eigenvalue weighted by Crippen LogP contribution is -2.47. The van der Waals surface area contributed by atoms with Gasteiger partial charge in [-0.2, -0.15) is 0 Å². The third-order valence-electron chi connectivity index (χ3n) is 4.22. The normalized spacial score (nSPS) is 23.7. The van der Waals surface area contributed by atoms with Crippen LogP contribution in [0.15, 0.2) is 12.4 Å². The first kappa shape index (κ1) is 15.5. The van der Waals surface area contributed by atoms with E-state index in [0.29, 0.717) is 6.42 Å². The van der Waals surface area contributed by atoms with Crippen LogP contribution in [0.5, 0.6) is 0 Å². The first-order valence-corrected chi connectivity index (χ1v) is 7.68. The zero-order chi connectivity index (χ0) is 14.5. The minimum atomic E-state index is -0.362. The number of nitrogens with zero attached hydrogens (tertiary/aromatic N) is 4. The molecule has 0 saturated carbocycles. The van der Waals surface area contributed by atoms with E-state index in [-0.39, 0.29) is 12.1 Å². The lowest BCUT2D eigenvalue weighted by atomic mass is 10.1. The molecular weight excluding hydrogens is 252 g/mol. The molecule has 20 heavy (non-hydrogen) atoms. The Balaban J connectivity index is 2.02. The van der Waals surface area contributed by atoms with Gasteiger partial charge >= 0.3 is 0 Å². The minimum absolute atomic E-state index is 0.189. The van der Waals surface area contributed by atoms with Gasteiger partial charge in [0.25, 0.3) is 0 Å². The van der Waals surface area contributed by atoms with Crippen molar-refractivity contribution in [3.63, 3.8) is 0 Å². The van der Waals surface area contributed by atoms with Crippen LogP contribution in [-0.4, -0.2) is 70.3 Å². The Morgan fingerprint density at radius 1 is 1.40 bits per heavy atom. The van der Waals surface area contributed by atoms with Gasteiger partial charge in [0, 0.05) is 37.9 Å². The second-order valence-electron chi connectivity index (χ2n) is 5.97. The third-order valence-corrected chi connectivity index (χ3v) is 4.22. The van der Waals surface area contributed by atoms with Gasteiger partial charge in [-0.25, -0.2) is 4.98 Å². The number of aromatic nitrogens is 2. The lowest BCUT2D eigenvalue weighted by Gasteiger charge is -2.31. The fraction of sp³-hybridized carbons (Fsp3) is 0.800. The molecule has 0 radical (unpaired) electrons. The maximum absolute atomic E-state index is 10.6. The largest absolute Gasteiger partial charge is 0.391 e. The van der Waals surface area contributed by atoms with Gasteiger partial charge in [-0.1, -0.05) is 6.92 Å². The van der Waals surface area contributed by atoms with Crippen molar-refractivity contribution in [2.24, 2.45) is 0 Å². The average molecular weight is 280 g/mol. The Labute approximate surface area is 122 Å². The van der Waals surface area contributed by atoms with Crippen LogP contribution in [0, 0.1) is 0 Å². The lowest BCUT2D eigenvalue weighted by molar-refractivity contribution is 0.0562. The molecule has 0 aliphatic carbocycles. The SMILES string of the molecule is CCCn1ccnc1CC(O)C1CN(C)CCCN1C. The summed E-state index contributed by atoms with van der Waals surface area (Å²) in [6, 6.07) is 0.189. The van der Waals surface area contributed by atoms with Crippen LogP contribution in [-0.2, 0) is 13.0 Å². The van der Waals surface area contributed by atoms with Crippen LogP contribution >= 0.6 is 0 Å².